The molecule has 3 unspecified atom stereocenters. The highest BCUT2D eigenvalue weighted by Crippen LogP contribution is 2.40. The molecule has 1 fully saturated rings. The van der Waals surface area contributed by atoms with Gasteiger partial charge in [-0.15, -0.1) is 6.58 Å². The van der Waals surface area contributed by atoms with Crippen LogP contribution >= 0.6 is 0 Å². The van der Waals surface area contributed by atoms with Crippen molar-refractivity contribution in [2.45, 2.75) is 24.8 Å². The lowest BCUT2D eigenvalue weighted by atomic mass is 9.63. The zero-order chi connectivity index (χ0) is 14.0. The maximum absolute atomic E-state index is 12.5. The van der Waals surface area contributed by atoms with Crippen molar-refractivity contribution in [1.82, 2.24) is 5.32 Å². The number of rotatable bonds is 3. The number of amides is 2. The fourth-order valence-electron chi connectivity index (χ4n) is 2.93. The van der Waals surface area contributed by atoms with Gasteiger partial charge in [0.05, 0.1) is 5.41 Å². The third kappa shape index (κ3) is 1.98. The molecule has 4 heteroatoms. The van der Waals surface area contributed by atoms with E-state index in [0.717, 1.165) is 5.56 Å². The predicted octanol–water partition coefficient (Wildman–Crippen LogP) is 1.12. The van der Waals surface area contributed by atoms with Crippen LogP contribution in [0.4, 0.5) is 0 Å². The Morgan fingerprint density at radius 3 is 2.58 bits per heavy atom. The van der Waals surface area contributed by atoms with Gasteiger partial charge < -0.3 is 5.73 Å². The van der Waals surface area contributed by atoms with Gasteiger partial charge in [-0.1, -0.05) is 43.3 Å². The Morgan fingerprint density at radius 2 is 2.05 bits per heavy atom. The first-order valence-electron chi connectivity index (χ1n) is 6.31. The molecule has 1 heterocycles. The van der Waals surface area contributed by atoms with Crippen LogP contribution in [0.5, 0.6) is 0 Å². The Bertz CT molecular complexity index is 512. The van der Waals surface area contributed by atoms with Crippen molar-refractivity contribution < 1.29 is 9.59 Å². The molecule has 4 nitrogen and oxygen atoms in total. The summed E-state index contributed by atoms with van der Waals surface area (Å²) in [7, 11) is 0. The van der Waals surface area contributed by atoms with Crippen molar-refractivity contribution in [3.63, 3.8) is 0 Å². The zero-order valence-corrected chi connectivity index (χ0v) is 10.9. The number of hydrogen-bond donors (Lipinski definition) is 2. The number of nitrogens with two attached hydrogens (primary N) is 1. The molecular weight excluding hydrogens is 240 g/mol. The Kier molecular flexibility index (Phi) is 3.53. The van der Waals surface area contributed by atoms with Crippen molar-refractivity contribution in [3.8, 4) is 0 Å². The van der Waals surface area contributed by atoms with Crippen LogP contribution in [-0.4, -0.2) is 17.9 Å². The number of benzene rings is 1. The smallest absolute Gasteiger partial charge is 0.239 e. The molecule has 0 bridgehead atoms. The molecule has 3 atom stereocenters. The van der Waals surface area contributed by atoms with E-state index in [1.807, 2.05) is 37.3 Å². The summed E-state index contributed by atoms with van der Waals surface area (Å²) >= 11 is 0. The minimum absolute atomic E-state index is 0.177. The second-order valence-corrected chi connectivity index (χ2v) is 4.98. The monoisotopic (exact) mass is 258 g/mol. The van der Waals surface area contributed by atoms with Gasteiger partial charge in [-0.3, -0.25) is 14.9 Å². The fraction of sp³-hybridized carbons (Fsp3) is 0.333. The van der Waals surface area contributed by atoms with E-state index < -0.39 is 11.5 Å². The van der Waals surface area contributed by atoms with E-state index in [0.29, 0.717) is 0 Å². The molecule has 1 aliphatic rings. The molecule has 0 aromatic heterocycles. The minimum atomic E-state index is -0.934. The average molecular weight is 258 g/mol. The summed E-state index contributed by atoms with van der Waals surface area (Å²) < 4.78 is 0. The number of hydrogen-bond acceptors (Lipinski definition) is 3. The molecule has 1 aromatic rings. The third-order valence-corrected chi connectivity index (χ3v) is 3.93. The summed E-state index contributed by atoms with van der Waals surface area (Å²) in [5.74, 6) is -0.765. The molecule has 1 saturated heterocycles. The van der Waals surface area contributed by atoms with E-state index in [9.17, 15) is 9.59 Å². The zero-order valence-electron chi connectivity index (χ0n) is 10.9. The van der Waals surface area contributed by atoms with Gasteiger partial charge in [-0.2, -0.15) is 0 Å². The highest BCUT2D eigenvalue weighted by Gasteiger charge is 2.52. The predicted molar refractivity (Wildman–Crippen MR) is 73.2 cm³/mol. The van der Waals surface area contributed by atoms with Gasteiger partial charge in [-0.05, 0) is 11.5 Å². The van der Waals surface area contributed by atoms with Crippen LogP contribution in [0.2, 0.25) is 0 Å². The lowest BCUT2D eigenvalue weighted by molar-refractivity contribution is -0.141. The van der Waals surface area contributed by atoms with Crippen molar-refractivity contribution in [3.05, 3.63) is 48.6 Å². The van der Waals surface area contributed by atoms with Gasteiger partial charge in [0, 0.05) is 12.5 Å². The molecule has 1 aliphatic heterocycles. The Balaban J connectivity index is 2.61. The number of carbonyl (C=O) groups excluding carboxylic acids is 2. The lowest BCUT2D eigenvalue weighted by Gasteiger charge is -2.44. The molecule has 0 spiro atoms. The van der Waals surface area contributed by atoms with Crippen molar-refractivity contribution in [2.24, 2.45) is 11.7 Å². The van der Waals surface area contributed by atoms with Crippen LogP contribution in [0.3, 0.4) is 0 Å². The van der Waals surface area contributed by atoms with E-state index in [-0.39, 0.29) is 24.2 Å². The van der Waals surface area contributed by atoms with Gasteiger partial charge in [0.1, 0.15) is 0 Å². The molecule has 2 rings (SSSR count). The first-order valence-corrected chi connectivity index (χ1v) is 6.31. The van der Waals surface area contributed by atoms with Gasteiger partial charge in [0.2, 0.25) is 11.8 Å². The molecule has 19 heavy (non-hydrogen) atoms. The van der Waals surface area contributed by atoms with Crippen LogP contribution < -0.4 is 11.1 Å². The quantitative estimate of drug-likeness (QED) is 0.630. The van der Waals surface area contributed by atoms with Crippen LogP contribution in [-0.2, 0) is 15.0 Å². The van der Waals surface area contributed by atoms with Crippen LogP contribution in [0.15, 0.2) is 43.0 Å². The molecule has 100 valence electrons. The highest BCUT2D eigenvalue weighted by atomic mass is 16.2. The number of piperidine rings is 1. The molecule has 3 N–H and O–H groups in total. The van der Waals surface area contributed by atoms with E-state index in [2.05, 4.69) is 11.9 Å². The summed E-state index contributed by atoms with van der Waals surface area (Å²) in [4.78, 5) is 24.0. The largest absolute Gasteiger partial charge is 0.323 e. The lowest BCUT2D eigenvalue weighted by Crippen LogP contribution is -2.63. The second-order valence-electron chi connectivity index (χ2n) is 4.98. The molecular formula is C15H18N2O2. The minimum Gasteiger partial charge on any atom is -0.323 e. The van der Waals surface area contributed by atoms with E-state index in [1.54, 1.807) is 6.08 Å². The first kappa shape index (κ1) is 13.5. The topological polar surface area (TPSA) is 72.2 Å². The summed E-state index contributed by atoms with van der Waals surface area (Å²) in [5.41, 5.74) is 6.04. The van der Waals surface area contributed by atoms with Crippen molar-refractivity contribution >= 4 is 11.8 Å². The van der Waals surface area contributed by atoms with E-state index in [1.165, 1.54) is 0 Å². The number of imide groups is 1. The van der Waals surface area contributed by atoms with Gasteiger partial charge in [-0.25, -0.2) is 0 Å². The van der Waals surface area contributed by atoms with Crippen molar-refractivity contribution in [1.29, 1.82) is 0 Å². The third-order valence-electron chi connectivity index (χ3n) is 3.93. The second kappa shape index (κ2) is 4.97. The van der Waals surface area contributed by atoms with E-state index >= 15 is 0 Å². The summed E-state index contributed by atoms with van der Waals surface area (Å²) in [6.07, 6.45) is 1.85. The average Bonchev–Trinajstić information content (AvgIpc) is 2.39. The molecule has 0 aliphatic carbocycles. The van der Waals surface area contributed by atoms with Crippen LogP contribution in [0, 0.1) is 5.92 Å². The van der Waals surface area contributed by atoms with Crippen LogP contribution in [0.1, 0.15) is 18.9 Å². The fourth-order valence-corrected chi connectivity index (χ4v) is 2.93. The Morgan fingerprint density at radius 1 is 1.42 bits per heavy atom. The molecule has 0 radical (unpaired) electrons. The van der Waals surface area contributed by atoms with Gasteiger partial charge in [0.25, 0.3) is 0 Å². The SMILES string of the molecule is C=CC(N)C1(c2ccccc2)C(=O)NC(=O)CC1C. The summed E-state index contributed by atoms with van der Waals surface area (Å²) in [5, 5.41) is 2.41. The van der Waals surface area contributed by atoms with E-state index in [4.69, 9.17) is 5.73 Å². The Hall–Kier alpha value is -1.94. The summed E-state index contributed by atoms with van der Waals surface area (Å²) in [6.45, 7) is 5.59. The maximum atomic E-state index is 12.5. The Labute approximate surface area is 112 Å². The van der Waals surface area contributed by atoms with Crippen molar-refractivity contribution in [2.75, 3.05) is 0 Å². The highest BCUT2D eigenvalue weighted by molar-refractivity contribution is 6.04. The van der Waals surface area contributed by atoms with Gasteiger partial charge in [0.15, 0.2) is 0 Å². The normalized spacial score (nSPS) is 28.6. The molecule has 2 amide bonds. The number of nitrogens with one attached hydrogen (secondary N) is 1. The standard InChI is InChI=1S/C15H18N2O2/c1-3-12(16)15(11-7-5-4-6-8-11)10(2)9-13(18)17-14(15)19/h3-8,10,12H,1,9,16H2,2H3,(H,17,18,19). The van der Waals surface area contributed by atoms with Gasteiger partial charge >= 0.3 is 0 Å². The maximum Gasteiger partial charge on any atom is 0.239 e. The summed E-state index contributed by atoms with van der Waals surface area (Å²) in [6, 6.07) is 8.81. The first-order chi connectivity index (χ1) is 9.03. The number of carbonyl (C=O) groups is 2. The molecule has 0 saturated carbocycles. The van der Waals surface area contributed by atoms with Crippen LogP contribution in [0.25, 0.3) is 0 Å². The molecule has 1 aromatic carbocycles.